The van der Waals surface area contributed by atoms with E-state index in [1.165, 1.54) is 0 Å². The predicted molar refractivity (Wildman–Crippen MR) is 134 cm³/mol. The van der Waals surface area contributed by atoms with Crippen LogP contribution in [-0.2, 0) is 14.3 Å². The third-order valence-electron chi connectivity index (χ3n) is 5.90. The van der Waals surface area contributed by atoms with Gasteiger partial charge in [-0.1, -0.05) is 69.3 Å². The Bertz CT molecular complexity index is 1080. The molecule has 35 heavy (non-hydrogen) atoms. The lowest BCUT2D eigenvalue weighted by Gasteiger charge is -2.27. The molecule has 184 valence electrons. The van der Waals surface area contributed by atoms with Crippen molar-refractivity contribution in [1.29, 1.82) is 0 Å². The summed E-state index contributed by atoms with van der Waals surface area (Å²) in [4.78, 5) is 36.8. The van der Waals surface area contributed by atoms with Crippen molar-refractivity contribution >= 4 is 18.0 Å². The van der Waals surface area contributed by atoms with Crippen LogP contribution in [0, 0.1) is 17.8 Å². The van der Waals surface area contributed by atoms with E-state index >= 15 is 0 Å². The highest BCUT2D eigenvalue weighted by molar-refractivity contribution is 5.86. The second kappa shape index (κ2) is 11.1. The third-order valence-corrected chi connectivity index (χ3v) is 5.90. The SMILES string of the molecule is C#CCC(NC(=O)OCC1c2ccccc2-c2ccccc21)C(=O)NC(CC(=O)O)CC(C)(C)C. The first-order valence-electron chi connectivity index (χ1n) is 11.7. The number of rotatable bonds is 9. The van der Waals surface area contributed by atoms with Crippen LogP contribution in [0.3, 0.4) is 0 Å². The molecule has 2 aromatic carbocycles. The Balaban J connectivity index is 1.64. The molecule has 2 aromatic rings. The highest BCUT2D eigenvalue weighted by atomic mass is 16.5. The van der Waals surface area contributed by atoms with E-state index in [-0.39, 0.29) is 30.8 Å². The van der Waals surface area contributed by atoms with E-state index in [1.807, 2.05) is 69.3 Å². The van der Waals surface area contributed by atoms with Crippen LogP contribution >= 0.6 is 0 Å². The van der Waals surface area contributed by atoms with Crippen molar-refractivity contribution in [2.45, 2.75) is 58.0 Å². The molecule has 0 saturated heterocycles. The van der Waals surface area contributed by atoms with Crippen LogP contribution in [0.15, 0.2) is 48.5 Å². The van der Waals surface area contributed by atoms with Crippen LogP contribution in [0.2, 0.25) is 0 Å². The minimum Gasteiger partial charge on any atom is -0.481 e. The maximum absolute atomic E-state index is 12.9. The first-order chi connectivity index (χ1) is 16.6. The van der Waals surface area contributed by atoms with Gasteiger partial charge in [-0.05, 0) is 34.1 Å². The Morgan fingerprint density at radius 2 is 1.60 bits per heavy atom. The number of alkyl carbamates (subject to hydrolysis) is 1. The molecule has 1 aliphatic carbocycles. The summed E-state index contributed by atoms with van der Waals surface area (Å²) >= 11 is 0. The predicted octanol–water partition coefficient (Wildman–Crippen LogP) is 4.31. The van der Waals surface area contributed by atoms with Crippen molar-refractivity contribution in [2.75, 3.05) is 6.61 Å². The van der Waals surface area contributed by atoms with Crippen molar-refractivity contribution in [3.8, 4) is 23.5 Å². The van der Waals surface area contributed by atoms with Crippen molar-refractivity contribution in [2.24, 2.45) is 5.41 Å². The number of terminal acetylenes is 1. The molecule has 3 N–H and O–H groups in total. The van der Waals surface area contributed by atoms with Crippen LogP contribution in [-0.4, -0.2) is 41.8 Å². The molecule has 0 aromatic heterocycles. The van der Waals surface area contributed by atoms with Crippen LogP contribution in [0.1, 0.15) is 57.1 Å². The van der Waals surface area contributed by atoms with E-state index in [9.17, 15) is 19.5 Å². The van der Waals surface area contributed by atoms with Gasteiger partial charge in [-0.25, -0.2) is 4.79 Å². The molecule has 2 unspecified atom stereocenters. The first-order valence-corrected chi connectivity index (χ1v) is 11.7. The van der Waals surface area contributed by atoms with Gasteiger partial charge in [0.1, 0.15) is 12.6 Å². The molecule has 0 bridgehead atoms. The fraction of sp³-hybridized carbons (Fsp3) is 0.393. The summed E-state index contributed by atoms with van der Waals surface area (Å²) in [5.74, 6) is 0.729. The summed E-state index contributed by atoms with van der Waals surface area (Å²) in [6, 6.07) is 14.4. The number of carboxylic acid groups (broad SMARTS) is 1. The summed E-state index contributed by atoms with van der Waals surface area (Å²) in [7, 11) is 0. The van der Waals surface area contributed by atoms with Gasteiger partial charge >= 0.3 is 12.1 Å². The number of benzene rings is 2. The summed E-state index contributed by atoms with van der Waals surface area (Å²) in [6.07, 6.45) is 4.84. The number of amides is 2. The molecule has 7 nitrogen and oxygen atoms in total. The number of hydrogen-bond donors (Lipinski definition) is 3. The molecule has 3 rings (SSSR count). The van der Waals surface area contributed by atoms with E-state index in [1.54, 1.807) is 0 Å². The second-order valence-corrected chi connectivity index (χ2v) is 10.00. The van der Waals surface area contributed by atoms with Gasteiger partial charge in [0.15, 0.2) is 0 Å². The van der Waals surface area contributed by atoms with E-state index < -0.39 is 30.1 Å². The normalized spacial score (nSPS) is 14.1. The number of carboxylic acids is 1. The minimum absolute atomic E-state index is 0.0503. The smallest absolute Gasteiger partial charge is 0.407 e. The summed E-state index contributed by atoms with van der Waals surface area (Å²) < 4.78 is 5.52. The fourth-order valence-electron chi connectivity index (χ4n) is 4.54. The number of nitrogens with one attached hydrogen (secondary N) is 2. The van der Waals surface area contributed by atoms with Crippen LogP contribution in [0.5, 0.6) is 0 Å². The molecule has 7 heteroatoms. The maximum Gasteiger partial charge on any atom is 0.407 e. The largest absolute Gasteiger partial charge is 0.481 e. The molecule has 0 aliphatic heterocycles. The Kier molecular flexibility index (Phi) is 8.18. The van der Waals surface area contributed by atoms with E-state index in [2.05, 4.69) is 16.6 Å². The first kappa shape index (κ1) is 25.8. The van der Waals surface area contributed by atoms with Crippen molar-refractivity contribution in [3.05, 3.63) is 59.7 Å². The zero-order chi connectivity index (χ0) is 25.6. The zero-order valence-electron chi connectivity index (χ0n) is 20.3. The molecule has 0 saturated carbocycles. The average Bonchev–Trinajstić information content (AvgIpc) is 3.09. The Morgan fingerprint density at radius 1 is 1.03 bits per heavy atom. The standard InChI is InChI=1S/C28H32N2O5/c1-5-10-24(26(33)29-18(15-25(31)32)16-28(2,3)4)30-27(34)35-17-23-21-13-8-6-11-19(21)20-12-7-9-14-22(20)23/h1,6-9,11-14,18,23-24H,10,15-17H2,2-4H3,(H,29,33)(H,30,34)(H,31,32). The third kappa shape index (κ3) is 6.86. The molecule has 2 atom stereocenters. The number of carbonyl (C=O) groups is 3. The van der Waals surface area contributed by atoms with Gasteiger partial charge in [-0.2, -0.15) is 0 Å². The fourth-order valence-corrected chi connectivity index (χ4v) is 4.54. The van der Waals surface area contributed by atoms with Crippen LogP contribution < -0.4 is 10.6 Å². The van der Waals surface area contributed by atoms with Gasteiger partial charge in [0.2, 0.25) is 5.91 Å². The summed E-state index contributed by atoms with van der Waals surface area (Å²) in [5, 5.41) is 14.5. The highest BCUT2D eigenvalue weighted by Gasteiger charge is 2.30. The van der Waals surface area contributed by atoms with Gasteiger partial charge in [-0.3, -0.25) is 9.59 Å². The van der Waals surface area contributed by atoms with E-state index in [4.69, 9.17) is 11.2 Å². The van der Waals surface area contributed by atoms with E-state index in [0.29, 0.717) is 6.42 Å². The number of aliphatic carboxylic acids is 1. The lowest BCUT2D eigenvalue weighted by molar-refractivity contribution is -0.138. The lowest BCUT2D eigenvalue weighted by atomic mass is 9.87. The van der Waals surface area contributed by atoms with Crippen LogP contribution in [0.25, 0.3) is 11.1 Å². The molecule has 0 fully saturated rings. The molecule has 0 spiro atoms. The maximum atomic E-state index is 12.9. The quantitative estimate of drug-likeness (QED) is 0.468. The van der Waals surface area contributed by atoms with Gasteiger partial charge in [-0.15, -0.1) is 12.3 Å². The summed E-state index contributed by atoms with van der Waals surface area (Å²) in [6.45, 7) is 5.99. The topological polar surface area (TPSA) is 105 Å². The Morgan fingerprint density at radius 3 is 2.11 bits per heavy atom. The molecule has 0 heterocycles. The van der Waals surface area contributed by atoms with Crippen LogP contribution in [0.4, 0.5) is 4.79 Å². The lowest BCUT2D eigenvalue weighted by Crippen LogP contribution is -2.50. The van der Waals surface area contributed by atoms with E-state index in [0.717, 1.165) is 22.3 Å². The Hall–Kier alpha value is -3.79. The molecular formula is C28H32N2O5. The number of fused-ring (bicyclic) bond motifs is 3. The number of hydrogen-bond acceptors (Lipinski definition) is 4. The van der Waals surface area contributed by atoms with Crippen molar-refractivity contribution in [1.82, 2.24) is 10.6 Å². The summed E-state index contributed by atoms with van der Waals surface area (Å²) in [5.41, 5.74) is 4.20. The molecule has 2 amide bonds. The van der Waals surface area contributed by atoms with Crippen molar-refractivity contribution in [3.63, 3.8) is 0 Å². The molecule has 1 aliphatic rings. The number of carbonyl (C=O) groups excluding carboxylic acids is 2. The Labute approximate surface area is 206 Å². The van der Waals surface area contributed by atoms with Gasteiger partial charge < -0.3 is 20.5 Å². The molecular weight excluding hydrogens is 444 g/mol. The van der Waals surface area contributed by atoms with Crippen molar-refractivity contribution < 1.29 is 24.2 Å². The number of ether oxygens (including phenoxy) is 1. The average molecular weight is 477 g/mol. The second-order valence-electron chi connectivity index (χ2n) is 10.00. The monoisotopic (exact) mass is 476 g/mol. The van der Waals surface area contributed by atoms with Gasteiger partial charge in [0, 0.05) is 18.4 Å². The highest BCUT2D eigenvalue weighted by Crippen LogP contribution is 2.44. The van der Waals surface area contributed by atoms with Gasteiger partial charge in [0.05, 0.1) is 6.42 Å². The minimum atomic E-state index is -1.04. The zero-order valence-corrected chi connectivity index (χ0v) is 20.3. The molecule has 0 radical (unpaired) electrons. The van der Waals surface area contributed by atoms with Gasteiger partial charge in [0.25, 0.3) is 0 Å².